The van der Waals surface area contributed by atoms with Gasteiger partial charge >= 0.3 is 0 Å². The van der Waals surface area contributed by atoms with Crippen molar-refractivity contribution in [3.8, 4) is 11.5 Å². The van der Waals surface area contributed by atoms with Crippen LogP contribution in [-0.2, 0) is 6.54 Å². The van der Waals surface area contributed by atoms with E-state index in [0.717, 1.165) is 24.7 Å². The summed E-state index contributed by atoms with van der Waals surface area (Å²) in [5.41, 5.74) is 3.65. The number of para-hydroxylation sites is 2. The van der Waals surface area contributed by atoms with E-state index in [4.69, 9.17) is 14.7 Å². The molecule has 2 aromatic carbocycles. The molecule has 0 saturated heterocycles. The maximum absolute atomic E-state index is 10.5. The summed E-state index contributed by atoms with van der Waals surface area (Å²) in [5.74, 6) is 1.47. The first-order chi connectivity index (χ1) is 11.1. The molecule has 23 heavy (non-hydrogen) atoms. The van der Waals surface area contributed by atoms with Gasteiger partial charge < -0.3 is 14.7 Å². The van der Waals surface area contributed by atoms with E-state index in [9.17, 15) is 4.79 Å². The maximum Gasteiger partial charge on any atom is 0.153 e. The largest absolute Gasteiger partial charge is 0.495 e. The molecule has 0 heterocycles. The third-order valence-corrected chi connectivity index (χ3v) is 4.55. The van der Waals surface area contributed by atoms with Gasteiger partial charge in [0.05, 0.1) is 26.9 Å². The van der Waals surface area contributed by atoms with Crippen LogP contribution < -0.4 is 15.0 Å². The molecule has 0 aromatic heterocycles. The minimum absolute atomic E-state index is 0.403. The predicted octanol–water partition coefficient (Wildman–Crippen LogP) is 3.89. The average Bonchev–Trinajstić information content (AvgIpc) is 2.55. The number of hydrogen-bond donors (Lipinski definition) is 2. The van der Waals surface area contributed by atoms with Crippen molar-refractivity contribution in [1.29, 1.82) is 0 Å². The molecule has 0 unspecified atom stereocenters. The lowest BCUT2D eigenvalue weighted by Crippen LogP contribution is -2.07. The number of hydroxylamine groups is 1. The molecule has 0 spiro atoms. The van der Waals surface area contributed by atoms with Crippen molar-refractivity contribution in [2.24, 2.45) is 0 Å². The smallest absolute Gasteiger partial charge is 0.153 e. The third-order valence-electron chi connectivity index (χ3n) is 2.85. The first-order valence-electron chi connectivity index (χ1n) is 6.55. The van der Waals surface area contributed by atoms with Gasteiger partial charge in [0.2, 0.25) is 0 Å². The SMILES string of the molecule is COc1c(I)cccc1C=O.COc1c(I)cccc1CNO. The van der Waals surface area contributed by atoms with Crippen molar-refractivity contribution in [3.63, 3.8) is 0 Å². The summed E-state index contributed by atoms with van der Waals surface area (Å²) in [6, 6.07) is 11.2. The van der Waals surface area contributed by atoms with Crippen LogP contribution in [0.4, 0.5) is 0 Å². The summed E-state index contributed by atoms with van der Waals surface area (Å²) in [7, 11) is 3.18. The van der Waals surface area contributed by atoms with Gasteiger partial charge in [0.15, 0.2) is 6.29 Å². The number of benzene rings is 2. The summed E-state index contributed by atoms with van der Waals surface area (Å²) in [6.07, 6.45) is 0.793. The van der Waals surface area contributed by atoms with Gasteiger partial charge in [-0.2, -0.15) is 0 Å². The highest BCUT2D eigenvalue weighted by Crippen LogP contribution is 2.25. The number of carbonyl (C=O) groups excluding carboxylic acids is 1. The number of nitrogens with one attached hydrogen (secondary N) is 1. The minimum atomic E-state index is 0.403. The van der Waals surface area contributed by atoms with Crippen molar-refractivity contribution in [2.75, 3.05) is 14.2 Å². The number of methoxy groups -OCH3 is 2. The monoisotopic (exact) mass is 541 g/mol. The summed E-state index contributed by atoms with van der Waals surface area (Å²) >= 11 is 4.32. The average molecular weight is 541 g/mol. The standard InChI is InChI=1S/C8H10INO2.C8H7IO2/c1-12-8-6(5-10-11)3-2-4-7(8)9;1-11-8-6(5-10)3-2-4-7(8)9/h2-4,10-11H,5H2,1H3;2-5H,1H3. The lowest BCUT2D eigenvalue weighted by atomic mass is 10.2. The summed E-state index contributed by atoms with van der Waals surface area (Å²) in [5, 5.41) is 8.52. The molecule has 2 N–H and O–H groups in total. The number of halogens is 2. The third kappa shape index (κ3) is 5.90. The Hall–Kier alpha value is -0.910. The van der Waals surface area contributed by atoms with E-state index in [-0.39, 0.29) is 0 Å². The molecule has 0 saturated carbocycles. The van der Waals surface area contributed by atoms with E-state index in [2.05, 4.69) is 50.7 Å². The Morgan fingerprint density at radius 3 is 2.09 bits per heavy atom. The molecule has 0 amide bonds. The van der Waals surface area contributed by atoms with Crippen LogP contribution in [-0.4, -0.2) is 25.7 Å². The van der Waals surface area contributed by atoms with E-state index >= 15 is 0 Å². The molecule has 0 aliphatic carbocycles. The minimum Gasteiger partial charge on any atom is -0.495 e. The molecule has 0 atom stereocenters. The molecule has 2 aromatic rings. The van der Waals surface area contributed by atoms with Crippen molar-refractivity contribution < 1.29 is 19.5 Å². The van der Waals surface area contributed by atoms with Crippen LogP contribution >= 0.6 is 45.2 Å². The number of carbonyl (C=O) groups is 1. The van der Waals surface area contributed by atoms with Gasteiger partial charge in [0, 0.05) is 12.1 Å². The molecular formula is C16H17I2NO4. The van der Waals surface area contributed by atoms with Crippen molar-refractivity contribution in [1.82, 2.24) is 5.48 Å². The van der Waals surface area contributed by atoms with Gasteiger partial charge in [0.25, 0.3) is 0 Å². The first-order valence-corrected chi connectivity index (χ1v) is 8.70. The molecule has 124 valence electrons. The topological polar surface area (TPSA) is 67.8 Å². The van der Waals surface area contributed by atoms with Gasteiger partial charge in [0.1, 0.15) is 11.5 Å². The van der Waals surface area contributed by atoms with Crippen LogP contribution in [0.1, 0.15) is 15.9 Å². The summed E-state index contributed by atoms with van der Waals surface area (Å²) < 4.78 is 12.2. The number of hydrogen-bond acceptors (Lipinski definition) is 5. The van der Waals surface area contributed by atoms with Gasteiger partial charge in [-0.05, 0) is 63.4 Å². The van der Waals surface area contributed by atoms with E-state index < -0.39 is 0 Å². The molecular weight excluding hydrogens is 524 g/mol. The molecule has 5 nitrogen and oxygen atoms in total. The zero-order valence-corrected chi connectivity index (χ0v) is 17.0. The zero-order valence-electron chi connectivity index (χ0n) is 12.7. The van der Waals surface area contributed by atoms with Gasteiger partial charge in [-0.25, -0.2) is 5.48 Å². The molecule has 7 heteroatoms. The second kappa shape index (κ2) is 10.8. The quantitative estimate of drug-likeness (QED) is 0.342. The van der Waals surface area contributed by atoms with Crippen LogP contribution in [0.25, 0.3) is 0 Å². The van der Waals surface area contributed by atoms with E-state index in [0.29, 0.717) is 17.9 Å². The molecule has 2 rings (SSSR count). The van der Waals surface area contributed by atoms with Crippen LogP contribution in [0.2, 0.25) is 0 Å². The van der Waals surface area contributed by atoms with E-state index in [1.54, 1.807) is 20.3 Å². The molecule has 0 bridgehead atoms. The Balaban J connectivity index is 0.000000231. The molecule has 0 radical (unpaired) electrons. The van der Waals surface area contributed by atoms with Crippen LogP contribution in [0.5, 0.6) is 11.5 Å². The van der Waals surface area contributed by atoms with Gasteiger partial charge in [-0.15, -0.1) is 0 Å². The Labute approximate surface area is 162 Å². The Morgan fingerprint density at radius 2 is 1.61 bits per heavy atom. The van der Waals surface area contributed by atoms with Crippen molar-refractivity contribution >= 4 is 51.5 Å². The van der Waals surface area contributed by atoms with Crippen LogP contribution in [0, 0.1) is 7.14 Å². The van der Waals surface area contributed by atoms with Crippen LogP contribution in [0.15, 0.2) is 36.4 Å². The highest BCUT2D eigenvalue weighted by atomic mass is 127. The lowest BCUT2D eigenvalue weighted by Gasteiger charge is -2.08. The molecule has 0 fully saturated rings. The predicted molar refractivity (Wildman–Crippen MR) is 105 cm³/mol. The van der Waals surface area contributed by atoms with E-state index in [1.807, 2.05) is 30.3 Å². The summed E-state index contributed by atoms with van der Waals surface area (Å²) in [6.45, 7) is 0.403. The van der Waals surface area contributed by atoms with Crippen LogP contribution in [0.3, 0.4) is 0 Å². The number of ether oxygens (including phenoxy) is 2. The number of rotatable bonds is 5. The first kappa shape index (κ1) is 20.1. The normalized spacial score (nSPS) is 9.61. The maximum atomic E-state index is 10.5. The van der Waals surface area contributed by atoms with Gasteiger partial charge in [-0.1, -0.05) is 18.2 Å². The lowest BCUT2D eigenvalue weighted by molar-refractivity contribution is 0.112. The fourth-order valence-corrected chi connectivity index (χ4v) is 3.35. The number of aldehydes is 1. The van der Waals surface area contributed by atoms with Crippen molar-refractivity contribution in [3.05, 3.63) is 54.7 Å². The second-order valence-electron chi connectivity index (χ2n) is 4.25. The molecule has 0 aliphatic heterocycles. The van der Waals surface area contributed by atoms with Crippen molar-refractivity contribution in [2.45, 2.75) is 6.54 Å². The summed E-state index contributed by atoms with van der Waals surface area (Å²) in [4.78, 5) is 10.5. The Morgan fingerprint density at radius 1 is 1.04 bits per heavy atom. The van der Waals surface area contributed by atoms with E-state index in [1.165, 1.54) is 0 Å². The van der Waals surface area contributed by atoms with Gasteiger partial charge in [-0.3, -0.25) is 4.79 Å². The highest BCUT2D eigenvalue weighted by Gasteiger charge is 2.05. The fraction of sp³-hybridized carbons (Fsp3) is 0.188. The zero-order chi connectivity index (χ0) is 17.2. The Bertz CT molecular complexity index is 650. The Kier molecular flexibility index (Phi) is 9.44. The fourth-order valence-electron chi connectivity index (χ4n) is 1.84. The highest BCUT2D eigenvalue weighted by molar-refractivity contribution is 14.1. The molecule has 0 aliphatic rings. The second-order valence-corrected chi connectivity index (χ2v) is 6.57.